The van der Waals surface area contributed by atoms with E-state index in [0.717, 1.165) is 0 Å². The van der Waals surface area contributed by atoms with Gasteiger partial charge in [0.1, 0.15) is 5.75 Å². The highest BCUT2D eigenvalue weighted by Gasteiger charge is 2.51. The van der Waals surface area contributed by atoms with Gasteiger partial charge in [-0.2, -0.15) is 0 Å². The van der Waals surface area contributed by atoms with Crippen molar-refractivity contribution < 1.29 is 26.7 Å². The number of alkyl halides is 2. The SMILES string of the molecule is CCOC(=O)CS(=O)(=O)C1CC(F)(F)C1. The molecule has 0 aromatic heterocycles. The van der Waals surface area contributed by atoms with E-state index in [4.69, 9.17) is 0 Å². The predicted octanol–water partition coefficient (Wildman–Crippen LogP) is 0.762. The third-order valence-corrected chi connectivity index (χ3v) is 4.17. The molecule has 0 N–H and O–H groups in total. The summed E-state index contributed by atoms with van der Waals surface area (Å²) >= 11 is 0. The second kappa shape index (κ2) is 4.03. The molecular formula is C8H12F2O4S. The monoisotopic (exact) mass is 242 g/mol. The van der Waals surface area contributed by atoms with Crippen LogP contribution in [0.5, 0.6) is 0 Å². The first-order valence-corrected chi connectivity index (χ1v) is 6.23. The predicted molar refractivity (Wildman–Crippen MR) is 48.4 cm³/mol. The number of sulfone groups is 1. The van der Waals surface area contributed by atoms with Crippen molar-refractivity contribution in [2.24, 2.45) is 0 Å². The van der Waals surface area contributed by atoms with Crippen molar-refractivity contribution in [3.8, 4) is 0 Å². The molecule has 0 unspecified atom stereocenters. The molecule has 1 fully saturated rings. The first-order valence-electron chi connectivity index (χ1n) is 4.52. The molecule has 1 aliphatic rings. The van der Waals surface area contributed by atoms with Gasteiger partial charge < -0.3 is 4.74 Å². The number of hydrogen-bond acceptors (Lipinski definition) is 4. The molecular weight excluding hydrogens is 230 g/mol. The third kappa shape index (κ3) is 3.12. The van der Waals surface area contributed by atoms with Crippen LogP contribution in [0.2, 0.25) is 0 Å². The Morgan fingerprint density at radius 3 is 2.40 bits per heavy atom. The van der Waals surface area contributed by atoms with E-state index in [-0.39, 0.29) is 6.61 Å². The lowest BCUT2D eigenvalue weighted by molar-refractivity contribution is -0.140. The van der Waals surface area contributed by atoms with E-state index in [9.17, 15) is 22.0 Å². The molecule has 1 aliphatic carbocycles. The minimum Gasteiger partial charge on any atom is -0.465 e. The second-order valence-electron chi connectivity index (χ2n) is 3.50. The van der Waals surface area contributed by atoms with E-state index < -0.39 is 45.6 Å². The Morgan fingerprint density at radius 2 is 2.00 bits per heavy atom. The zero-order chi connectivity index (χ0) is 11.7. The standard InChI is InChI=1S/C8H12F2O4S/c1-2-14-7(11)5-15(12,13)6-3-8(9,10)4-6/h6H,2-5H2,1H3. The normalized spacial score (nSPS) is 20.7. The molecule has 0 radical (unpaired) electrons. The summed E-state index contributed by atoms with van der Waals surface area (Å²) in [5.74, 6) is -4.58. The Labute approximate surface area is 86.5 Å². The minimum atomic E-state index is -3.77. The Bertz CT molecular complexity index is 342. The van der Waals surface area contributed by atoms with Crippen LogP contribution in [-0.4, -0.2) is 37.9 Å². The molecule has 0 aromatic rings. The number of esters is 1. The van der Waals surface area contributed by atoms with Gasteiger partial charge in [0.25, 0.3) is 5.92 Å². The molecule has 1 rings (SSSR count). The Morgan fingerprint density at radius 1 is 1.47 bits per heavy atom. The number of halogens is 2. The Hall–Kier alpha value is -0.720. The first kappa shape index (κ1) is 12.4. The molecule has 15 heavy (non-hydrogen) atoms. The van der Waals surface area contributed by atoms with Gasteiger partial charge in [-0.05, 0) is 6.92 Å². The van der Waals surface area contributed by atoms with Crippen LogP contribution in [0, 0.1) is 0 Å². The van der Waals surface area contributed by atoms with Crippen molar-refractivity contribution in [3.05, 3.63) is 0 Å². The van der Waals surface area contributed by atoms with Crippen LogP contribution in [0.3, 0.4) is 0 Å². The maximum atomic E-state index is 12.4. The summed E-state index contributed by atoms with van der Waals surface area (Å²) in [6.07, 6.45) is -1.37. The second-order valence-corrected chi connectivity index (χ2v) is 5.78. The highest BCUT2D eigenvalue weighted by molar-refractivity contribution is 7.92. The molecule has 0 amide bonds. The van der Waals surface area contributed by atoms with Crippen LogP contribution in [-0.2, 0) is 19.4 Å². The topological polar surface area (TPSA) is 60.4 Å². The zero-order valence-electron chi connectivity index (χ0n) is 8.20. The summed E-state index contributed by atoms with van der Waals surface area (Å²) in [6, 6.07) is 0. The van der Waals surface area contributed by atoms with Gasteiger partial charge in [-0.15, -0.1) is 0 Å². The number of hydrogen-bond donors (Lipinski definition) is 0. The molecule has 4 nitrogen and oxygen atoms in total. The fraction of sp³-hybridized carbons (Fsp3) is 0.875. The summed E-state index contributed by atoms with van der Waals surface area (Å²) < 4.78 is 52.0. The van der Waals surface area contributed by atoms with Gasteiger partial charge in [0.15, 0.2) is 9.84 Å². The Balaban J connectivity index is 2.51. The molecule has 0 atom stereocenters. The van der Waals surface area contributed by atoms with E-state index in [1.54, 1.807) is 6.92 Å². The molecule has 0 bridgehead atoms. The van der Waals surface area contributed by atoms with Crippen LogP contribution < -0.4 is 0 Å². The molecule has 0 aliphatic heterocycles. The molecule has 0 aromatic carbocycles. The van der Waals surface area contributed by atoms with Crippen molar-refractivity contribution in [2.45, 2.75) is 30.9 Å². The molecule has 1 saturated carbocycles. The smallest absolute Gasteiger partial charge is 0.321 e. The fourth-order valence-electron chi connectivity index (χ4n) is 1.35. The quantitative estimate of drug-likeness (QED) is 0.683. The lowest BCUT2D eigenvalue weighted by atomic mass is 9.94. The van der Waals surface area contributed by atoms with Gasteiger partial charge in [0, 0.05) is 12.8 Å². The first-order chi connectivity index (χ1) is 6.77. The number of rotatable bonds is 4. The maximum absolute atomic E-state index is 12.4. The van der Waals surface area contributed by atoms with Crippen LogP contribution in [0.1, 0.15) is 19.8 Å². The summed E-state index contributed by atoms with van der Waals surface area (Å²) in [5, 5.41) is -1.10. The number of carbonyl (C=O) groups is 1. The third-order valence-electron chi connectivity index (χ3n) is 2.18. The van der Waals surface area contributed by atoms with Crippen LogP contribution in [0.25, 0.3) is 0 Å². The van der Waals surface area contributed by atoms with E-state index in [1.165, 1.54) is 0 Å². The number of carbonyl (C=O) groups excluding carboxylic acids is 1. The largest absolute Gasteiger partial charge is 0.465 e. The maximum Gasteiger partial charge on any atom is 0.321 e. The van der Waals surface area contributed by atoms with Gasteiger partial charge in [0.2, 0.25) is 0 Å². The van der Waals surface area contributed by atoms with Crippen LogP contribution >= 0.6 is 0 Å². The summed E-state index contributed by atoms with van der Waals surface area (Å²) in [6.45, 7) is 1.62. The van der Waals surface area contributed by atoms with Crippen molar-refractivity contribution in [2.75, 3.05) is 12.4 Å². The highest BCUT2D eigenvalue weighted by Crippen LogP contribution is 2.41. The van der Waals surface area contributed by atoms with Crippen LogP contribution in [0.15, 0.2) is 0 Å². The van der Waals surface area contributed by atoms with Gasteiger partial charge in [-0.3, -0.25) is 4.79 Å². The fourth-order valence-corrected chi connectivity index (χ4v) is 2.99. The highest BCUT2D eigenvalue weighted by atomic mass is 32.2. The van der Waals surface area contributed by atoms with Crippen LogP contribution in [0.4, 0.5) is 8.78 Å². The van der Waals surface area contributed by atoms with Gasteiger partial charge in [-0.25, -0.2) is 17.2 Å². The van der Waals surface area contributed by atoms with Gasteiger partial charge >= 0.3 is 5.97 Å². The van der Waals surface area contributed by atoms with E-state index >= 15 is 0 Å². The minimum absolute atomic E-state index is 0.0786. The number of ether oxygens (including phenoxy) is 1. The van der Waals surface area contributed by atoms with E-state index in [0.29, 0.717) is 0 Å². The lowest BCUT2D eigenvalue weighted by Crippen LogP contribution is -2.46. The summed E-state index contributed by atoms with van der Waals surface area (Å²) in [7, 11) is -3.77. The van der Waals surface area contributed by atoms with Crippen molar-refractivity contribution in [1.82, 2.24) is 0 Å². The van der Waals surface area contributed by atoms with Crippen molar-refractivity contribution in [1.29, 1.82) is 0 Å². The Kier molecular flexibility index (Phi) is 3.32. The van der Waals surface area contributed by atoms with Crippen molar-refractivity contribution in [3.63, 3.8) is 0 Å². The molecule has 7 heteroatoms. The molecule has 0 saturated heterocycles. The van der Waals surface area contributed by atoms with Gasteiger partial charge in [-0.1, -0.05) is 0 Å². The molecule has 0 spiro atoms. The average Bonchev–Trinajstić information content (AvgIpc) is 1.99. The summed E-state index contributed by atoms with van der Waals surface area (Å²) in [5.41, 5.74) is 0. The van der Waals surface area contributed by atoms with E-state index in [1.807, 2.05) is 0 Å². The molecule has 88 valence electrons. The molecule has 0 heterocycles. The lowest BCUT2D eigenvalue weighted by Gasteiger charge is -2.33. The summed E-state index contributed by atoms with van der Waals surface area (Å²) in [4.78, 5) is 10.9. The van der Waals surface area contributed by atoms with E-state index in [2.05, 4.69) is 4.74 Å². The zero-order valence-corrected chi connectivity index (χ0v) is 9.02. The average molecular weight is 242 g/mol. The van der Waals surface area contributed by atoms with Crippen molar-refractivity contribution >= 4 is 15.8 Å². The van der Waals surface area contributed by atoms with Gasteiger partial charge in [0.05, 0.1) is 11.9 Å².